The minimum Gasteiger partial charge on any atom is -0.497 e. The number of guanidine groups is 1. The highest BCUT2D eigenvalue weighted by Crippen LogP contribution is 2.12. The number of nitrogens with zero attached hydrogens (tertiary/aromatic N) is 1. The molecule has 0 aliphatic carbocycles. The van der Waals surface area contributed by atoms with Crippen LogP contribution in [-0.4, -0.2) is 39.4 Å². The Morgan fingerprint density at radius 3 is 2.60 bits per heavy atom. The highest BCUT2D eigenvalue weighted by atomic mass is 16.5. The van der Waals surface area contributed by atoms with Crippen molar-refractivity contribution in [2.45, 2.75) is 26.0 Å². The topological polar surface area (TPSA) is 54.9 Å². The first kappa shape index (κ1) is 16.3. The smallest absolute Gasteiger partial charge is 0.191 e. The molecular weight excluding hydrogens is 254 g/mol. The molecule has 5 heteroatoms. The van der Waals surface area contributed by atoms with Crippen molar-refractivity contribution in [2.24, 2.45) is 4.99 Å². The summed E-state index contributed by atoms with van der Waals surface area (Å²) in [6, 6.07) is 7.94. The van der Waals surface area contributed by atoms with Crippen LogP contribution in [0.3, 0.4) is 0 Å². The summed E-state index contributed by atoms with van der Waals surface area (Å²) in [6.45, 7) is 5.41. The first-order valence-electron chi connectivity index (χ1n) is 6.63. The van der Waals surface area contributed by atoms with Gasteiger partial charge in [0.2, 0.25) is 0 Å². The van der Waals surface area contributed by atoms with Crippen LogP contribution in [0.4, 0.5) is 0 Å². The van der Waals surface area contributed by atoms with Gasteiger partial charge in [0, 0.05) is 27.2 Å². The maximum atomic E-state index is 5.36. The lowest BCUT2D eigenvalue weighted by atomic mass is 10.1. The van der Waals surface area contributed by atoms with Crippen LogP contribution in [0.1, 0.15) is 19.4 Å². The number of methoxy groups -OCH3 is 2. The Labute approximate surface area is 121 Å². The van der Waals surface area contributed by atoms with Crippen molar-refractivity contribution in [1.29, 1.82) is 0 Å². The molecule has 1 aromatic rings. The highest BCUT2D eigenvalue weighted by Gasteiger charge is 2.16. The van der Waals surface area contributed by atoms with Gasteiger partial charge in [-0.05, 0) is 31.5 Å². The van der Waals surface area contributed by atoms with Crippen molar-refractivity contribution in [1.82, 2.24) is 10.6 Å². The quantitative estimate of drug-likeness (QED) is 0.616. The van der Waals surface area contributed by atoms with Gasteiger partial charge < -0.3 is 20.1 Å². The second-order valence-electron chi connectivity index (χ2n) is 5.09. The highest BCUT2D eigenvalue weighted by molar-refractivity contribution is 5.79. The van der Waals surface area contributed by atoms with Crippen molar-refractivity contribution in [3.05, 3.63) is 29.8 Å². The third-order valence-electron chi connectivity index (χ3n) is 3.05. The van der Waals surface area contributed by atoms with E-state index in [1.807, 2.05) is 38.1 Å². The third-order valence-corrected chi connectivity index (χ3v) is 3.05. The Morgan fingerprint density at radius 2 is 2.00 bits per heavy atom. The van der Waals surface area contributed by atoms with Crippen LogP contribution in [0.15, 0.2) is 29.3 Å². The second kappa shape index (κ2) is 7.75. The van der Waals surface area contributed by atoms with Gasteiger partial charge in [-0.1, -0.05) is 12.1 Å². The van der Waals surface area contributed by atoms with Gasteiger partial charge >= 0.3 is 0 Å². The van der Waals surface area contributed by atoms with Gasteiger partial charge in [0.15, 0.2) is 5.96 Å². The zero-order valence-electron chi connectivity index (χ0n) is 13.0. The van der Waals surface area contributed by atoms with E-state index in [2.05, 4.69) is 15.6 Å². The maximum Gasteiger partial charge on any atom is 0.191 e. The van der Waals surface area contributed by atoms with Crippen molar-refractivity contribution in [3.8, 4) is 5.75 Å². The number of ether oxygens (including phenoxy) is 2. The second-order valence-corrected chi connectivity index (χ2v) is 5.09. The summed E-state index contributed by atoms with van der Waals surface area (Å²) in [5, 5.41) is 6.50. The Morgan fingerprint density at radius 1 is 1.25 bits per heavy atom. The van der Waals surface area contributed by atoms with Gasteiger partial charge in [0.25, 0.3) is 0 Å². The van der Waals surface area contributed by atoms with Crippen molar-refractivity contribution < 1.29 is 9.47 Å². The van der Waals surface area contributed by atoms with Crippen molar-refractivity contribution in [3.63, 3.8) is 0 Å². The zero-order valence-corrected chi connectivity index (χ0v) is 13.0. The molecule has 0 amide bonds. The molecule has 0 radical (unpaired) electrons. The summed E-state index contributed by atoms with van der Waals surface area (Å²) < 4.78 is 10.6. The molecule has 0 bridgehead atoms. The van der Waals surface area contributed by atoms with Gasteiger partial charge in [-0.2, -0.15) is 0 Å². The van der Waals surface area contributed by atoms with E-state index in [0.717, 1.165) is 17.3 Å². The van der Waals surface area contributed by atoms with E-state index < -0.39 is 0 Å². The SMILES string of the molecule is CN=C(NCc1cccc(OC)c1)NCC(C)(C)OC. The van der Waals surface area contributed by atoms with E-state index >= 15 is 0 Å². The standard InChI is InChI=1S/C15H25N3O2/c1-15(2,20-5)11-18-14(16-3)17-10-12-7-6-8-13(9-12)19-4/h6-9H,10-11H2,1-5H3,(H2,16,17,18). The number of aliphatic imine (C=N–C) groups is 1. The lowest BCUT2D eigenvalue weighted by Gasteiger charge is -2.24. The molecule has 0 spiro atoms. The van der Waals surface area contributed by atoms with Crippen LogP contribution in [0.5, 0.6) is 5.75 Å². The van der Waals surface area contributed by atoms with Gasteiger partial charge in [0.1, 0.15) is 5.75 Å². The summed E-state index contributed by atoms with van der Waals surface area (Å²) in [4.78, 5) is 4.19. The van der Waals surface area contributed by atoms with Crippen LogP contribution >= 0.6 is 0 Å². The fourth-order valence-corrected chi connectivity index (χ4v) is 1.56. The van der Waals surface area contributed by atoms with E-state index in [4.69, 9.17) is 9.47 Å². The van der Waals surface area contributed by atoms with Gasteiger partial charge in [-0.15, -0.1) is 0 Å². The first-order chi connectivity index (χ1) is 9.50. The van der Waals surface area contributed by atoms with Crippen LogP contribution in [0.2, 0.25) is 0 Å². The fourth-order valence-electron chi connectivity index (χ4n) is 1.56. The van der Waals surface area contributed by atoms with E-state index in [0.29, 0.717) is 13.1 Å². The van der Waals surface area contributed by atoms with Crippen molar-refractivity contribution in [2.75, 3.05) is 27.8 Å². The van der Waals surface area contributed by atoms with Gasteiger partial charge in [0.05, 0.1) is 12.7 Å². The lowest BCUT2D eigenvalue weighted by Crippen LogP contribution is -2.45. The average Bonchev–Trinajstić information content (AvgIpc) is 2.47. The molecule has 0 aromatic heterocycles. The predicted octanol–water partition coefficient (Wildman–Crippen LogP) is 1.79. The number of nitrogens with one attached hydrogen (secondary N) is 2. The largest absolute Gasteiger partial charge is 0.497 e. The van der Waals surface area contributed by atoms with Crippen LogP contribution in [0.25, 0.3) is 0 Å². The molecular formula is C15H25N3O2. The van der Waals surface area contributed by atoms with Crippen LogP contribution < -0.4 is 15.4 Å². The maximum absolute atomic E-state index is 5.36. The molecule has 0 aliphatic heterocycles. The summed E-state index contributed by atoms with van der Waals surface area (Å²) in [7, 11) is 5.12. The summed E-state index contributed by atoms with van der Waals surface area (Å²) >= 11 is 0. The minimum absolute atomic E-state index is 0.229. The Balaban J connectivity index is 2.49. The lowest BCUT2D eigenvalue weighted by molar-refractivity contribution is 0.0268. The molecule has 1 rings (SSSR count). The van der Waals surface area contributed by atoms with Crippen LogP contribution in [0, 0.1) is 0 Å². The minimum atomic E-state index is -0.229. The Bertz CT molecular complexity index is 444. The normalized spacial score (nSPS) is 12.2. The molecule has 2 N–H and O–H groups in total. The zero-order chi connectivity index (χ0) is 15.0. The molecule has 0 saturated carbocycles. The van der Waals surface area contributed by atoms with E-state index in [-0.39, 0.29) is 5.60 Å². The summed E-state index contributed by atoms with van der Waals surface area (Å²) in [5.74, 6) is 1.60. The molecule has 0 unspecified atom stereocenters. The average molecular weight is 279 g/mol. The number of hydrogen-bond donors (Lipinski definition) is 2. The predicted molar refractivity (Wildman–Crippen MR) is 82.3 cm³/mol. The molecule has 1 aromatic carbocycles. The molecule has 0 atom stereocenters. The summed E-state index contributed by atoms with van der Waals surface area (Å²) in [5.41, 5.74) is 0.909. The third kappa shape index (κ3) is 5.48. The summed E-state index contributed by atoms with van der Waals surface area (Å²) in [6.07, 6.45) is 0. The molecule has 0 fully saturated rings. The molecule has 5 nitrogen and oxygen atoms in total. The Hall–Kier alpha value is -1.75. The molecule has 112 valence electrons. The number of hydrogen-bond acceptors (Lipinski definition) is 3. The van der Waals surface area contributed by atoms with Gasteiger partial charge in [-0.25, -0.2) is 0 Å². The van der Waals surface area contributed by atoms with E-state index in [1.165, 1.54) is 0 Å². The molecule has 20 heavy (non-hydrogen) atoms. The van der Waals surface area contributed by atoms with E-state index in [1.54, 1.807) is 21.3 Å². The number of rotatable bonds is 6. The van der Waals surface area contributed by atoms with Crippen molar-refractivity contribution >= 4 is 5.96 Å². The monoisotopic (exact) mass is 279 g/mol. The molecule has 0 aliphatic rings. The van der Waals surface area contributed by atoms with Crippen LogP contribution in [-0.2, 0) is 11.3 Å². The molecule has 0 saturated heterocycles. The Kier molecular flexibility index (Phi) is 6.31. The molecule has 0 heterocycles. The first-order valence-corrected chi connectivity index (χ1v) is 6.63. The van der Waals surface area contributed by atoms with Gasteiger partial charge in [-0.3, -0.25) is 4.99 Å². The fraction of sp³-hybridized carbons (Fsp3) is 0.533. The number of benzene rings is 1. The van der Waals surface area contributed by atoms with E-state index in [9.17, 15) is 0 Å².